The number of anilines is 4. The van der Waals surface area contributed by atoms with Crippen LogP contribution in [-0.4, -0.2) is 4.98 Å². The van der Waals surface area contributed by atoms with E-state index in [-0.39, 0.29) is 5.56 Å². The molecule has 3 N–H and O–H groups in total. The summed E-state index contributed by atoms with van der Waals surface area (Å²) >= 11 is 0. The van der Waals surface area contributed by atoms with Crippen molar-refractivity contribution in [2.75, 3.05) is 10.6 Å². The Balaban J connectivity index is 2.04. The zero-order chi connectivity index (χ0) is 17.2. The molecule has 25 heavy (non-hydrogen) atoms. The van der Waals surface area contributed by atoms with Crippen molar-refractivity contribution >= 4 is 33.7 Å². The van der Waals surface area contributed by atoms with Crippen molar-refractivity contribution in [3.05, 3.63) is 95.3 Å². The molecule has 122 valence electrons. The lowest BCUT2D eigenvalue weighted by Crippen LogP contribution is -2.22. The Bertz CT molecular complexity index is 1030. The molecule has 0 unspecified atom stereocenters. The Hall–Kier alpha value is -3.53. The normalized spacial score (nSPS) is 10.7. The summed E-state index contributed by atoms with van der Waals surface area (Å²) in [5.74, 6) is 0. The minimum absolute atomic E-state index is 0.219. The van der Waals surface area contributed by atoms with Gasteiger partial charge in [-0.3, -0.25) is 4.79 Å². The molecule has 1 aromatic heterocycles. The lowest BCUT2D eigenvalue weighted by molar-refractivity contribution is 1.21. The van der Waals surface area contributed by atoms with Crippen LogP contribution in [0, 0.1) is 0 Å². The van der Waals surface area contributed by atoms with E-state index in [1.165, 1.54) is 0 Å². The molecule has 0 atom stereocenters. The third kappa shape index (κ3) is 2.64. The molecule has 4 aromatic rings. The summed E-state index contributed by atoms with van der Waals surface area (Å²) < 4.78 is 0. The number of H-pyrrole nitrogens is 1. The number of hydrogen-bond acceptors (Lipinski definition) is 3. The molecule has 0 aliphatic carbocycles. The van der Waals surface area contributed by atoms with Gasteiger partial charge in [-0.15, -0.1) is 0 Å². The molecular weight excluding hydrogens is 310 g/mol. The second-order valence-electron chi connectivity index (χ2n) is 5.77. The largest absolute Gasteiger partial charge is 0.396 e. The highest BCUT2D eigenvalue weighted by molar-refractivity contribution is 5.99. The molecule has 0 aliphatic rings. The van der Waals surface area contributed by atoms with Crippen LogP contribution in [0.5, 0.6) is 0 Å². The molecule has 0 amide bonds. The SMILES string of the molecule is Nc1c(N(c2ccccc2)c2ccccc2)c(=O)[nH]c2ccccc12. The Morgan fingerprint density at radius 3 is 1.84 bits per heavy atom. The van der Waals surface area contributed by atoms with Crippen LogP contribution < -0.4 is 16.2 Å². The summed E-state index contributed by atoms with van der Waals surface area (Å²) in [4.78, 5) is 17.7. The van der Waals surface area contributed by atoms with E-state index in [0.29, 0.717) is 11.4 Å². The van der Waals surface area contributed by atoms with Crippen LogP contribution in [0.3, 0.4) is 0 Å². The van der Waals surface area contributed by atoms with Gasteiger partial charge in [0.2, 0.25) is 0 Å². The van der Waals surface area contributed by atoms with Crippen molar-refractivity contribution in [1.82, 2.24) is 4.98 Å². The number of nitrogens with one attached hydrogen (secondary N) is 1. The zero-order valence-electron chi connectivity index (χ0n) is 13.5. The highest BCUT2D eigenvalue weighted by Crippen LogP contribution is 2.37. The summed E-state index contributed by atoms with van der Waals surface area (Å²) in [6.07, 6.45) is 0. The first kappa shape index (κ1) is 15.0. The fraction of sp³-hybridized carbons (Fsp3) is 0. The number of nitrogen functional groups attached to an aromatic ring is 1. The fourth-order valence-electron chi connectivity index (χ4n) is 3.04. The maximum absolute atomic E-state index is 12.9. The van der Waals surface area contributed by atoms with Crippen molar-refractivity contribution < 1.29 is 0 Å². The Morgan fingerprint density at radius 1 is 0.720 bits per heavy atom. The van der Waals surface area contributed by atoms with E-state index < -0.39 is 0 Å². The van der Waals surface area contributed by atoms with Gasteiger partial charge in [-0.25, -0.2) is 0 Å². The molecular formula is C21H17N3O. The molecule has 0 saturated carbocycles. The quantitative estimate of drug-likeness (QED) is 0.579. The van der Waals surface area contributed by atoms with Gasteiger partial charge in [0.15, 0.2) is 0 Å². The lowest BCUT2D eigenvalue weighted by atomic mass is 10.1. The van der Waals surface area contributed by atoms with E-state index in [1.807, 2.05) is 89.8 Å². The zero-order valence-corrected chi connectivity index (χ0v) is 13.5. The van der Waals surface area contributed by atoms with Gasteiger partial charge in [0.25, 0.3) is 5.56 Å². The number of rotatable bonds is 3. The molecule has 4 heteroatoms. The van der Waals surface area contributed by atoms with Crippen LogP contribution in [0.15, 0.2) is 89.7 Å². The van der Waals surface area contributed by atoms with Gasteiger partial charge in [0.1, 0.15) is 5.69 Å². The number of pyridine rings is 1. The van der Waals surface area contributed by atoms with E-state index in [4.69, 9.17) is 5.73 Å². The topological polar surface area (TPSA) is 62.1 Å². The highest BCUT2D eigenvalue weighted by Gasteiger charge is 2.20. The highest BCUT2D eigenvalue weighted by atomic mass is 16.1. The number of fused-ring (bicyclic) bond motifs is 1. The Labute approximate surface area is 145 Å². The number of hydrogen-bond donors (Lipinski definition) is 2. The van der Waals surface area contributed by atoms with Gasteiger partial charge in [-0.2, -0.15) is 0 Å². The van der Waals surface area contributed by atoms with Gasteiger partial charge in [0, 0.05) is 16.8 Å². The summed E-state index contributed by atoms with van der Waals surface area (Å²) in [6, 6.07) is 27.1. The van der Waals surface area contributed by atoms with Crippen LogP contribution in [0.25, 0.3) is 10.9 Å². The first-order chi connectivity index (χ1) is 12.3. The van der Waals surface area contributed by atoms with Crippen molar-refractivity contribution in [2.45, 2.75) is 0 Å². The first-order valence-electron chi connectivity index (χ1n) is 8.06. The van der Waals surface area contributed by atoms with Crippen LogP contribution in [-0.2, 0) is 0 Å². The van der Waals surface area contributed by atoms with Crippen LogP contribution in [0.4, 0.5) is 22.7 Å². The number of aromatic nitrogens is 1. The summed E-state index contributed by atoms with van der Waals surface area (Å²) in [6.45, 7) is 0. The molecule has 4 rings (SSSR count). The predicted molar refractivity (Wildman–Crippen MR) is 104 cm³/mol. The number of nitrogens with two attached hydrogens (primary N) is 1. The number of aromatic amines is 1. The summed E-state index contributed by atoms with van der Waals surface area (Å²) in [5.41, 5.74) is 9.59. The fourth-order valence-corrected chi connectivity index (χ4v) is 3.04. The van der Waals surface area contributed by atoms with Gasteiger partial charge in [-0.1, -0.05) is 54.6 Å². The monoisotopic (exact) mass is 327 g/mol. The van der Waals surface area contributed by atoms with Crippen molar-refractivity contribution in [3.63, 3.8) is 0 Å². The number of para-hydroxylation sites is 3. The van der Waals surface area contributed by atoms with Gasteiger partial charge in [-0.05, 0) is 30.3 Å². The summed E-state index contributed by atoms with van der Waals surface area (Å²) in [7, 11) is 0. The van der Waals surface area contributed by atoms with E-state index in [1.54, 1.807) is 0 Å². The van der Waals surface area contributed by atoms with E-state index in [9.17, 15) is 4.79 Å². The maximum atomic E-state index is 12.9. The second kappa shape index (κ2) is 6.17. The third-order valence-corrected chi connectivity index (χ3v) is 4.19. The average molecular weight is 327 g/mol. The van der Waals surface area contributed by atoms with E-state index in [0.717, 1.165) is 22.3 Å². The van der Waals surface area contributed by atoms with Crippen LogP contribution in [0.1, 0.15) is 0 Å². The maximum Gasteiger partial charge on any atom is 0.274 e. The Kier molecular flexibility index (Phi) is 3.71. The van der Waals surface area contributed by atoms with E-state index in [2.05, 4.69) is 4.98 Å². The minimum Gasteiger partial charge on any atom is -0.396 e. The predicted octanol–water partition coefficient (Wildman–Crippen LogP) is 4.58. The van der Waals surface area contributed by atoms with Crippen molar-refractivity contribution in [2.24, 2.45) is 0 Å². The molecule has 3 aromatic carbocycles. The van der Waals surface area contributed by atoms with Crippen LogP contribution in [0.2, 0.25) is 0 Å². The van der Waals surface area contributed by atoms with Gasteiger partial charge >= 0.3 is 0 Å². The molecule has 1 heterocycles. The van der Waals surface area contributed by atoms with E-state index >= 15 is 0 Å². The Morgan fingerprint density at radius 2 is 1.24 bits per heavy atom. The van der Waals surface area contributed by atoms with Crippen LogP contribution >= 0.6 is 0 Å². The third-order valence-electron chi connectivity index (χ3n) is 4.19. The minimum atomic E-state index is -0.219. The standard InChI is InChI=1S/C21H17N3O/c22-19-17-13-7-8-14-18(17)23-21(25)20(19)24(15-9-3-1-4-10-15)16-11-5-2-6-12-16/h1-14H,(H3,22,23,25). The van der Waals surface area contributed by atoms with Gasteiger partial charge in [0.05, 0.1) is 11.2 Å². The second-order valence-corrected chi connectivity index (χ2v) is 5.77. The molecule has 0 spiro atoms. The molecule has 0 radical (unpaired) electrons. The molecule has 0 fully saturated rings. The molecule has 0 saturated heterocycles. The number of nitrogens with zero attached hydrogens (tertiary/aromatic N) is 1. The lowest BCUT2D eigenvalue weighted by Gasteiger charge is -2.26. The first-order valence-corrected chi connectivity index (χ1v) is 8.06. The van der Waals surface area contributed by atoms with Gasteiger partial charge < -0.3 is 15.6 Å². The van der Waals surface area contributed by atoms with Crippen molar-refractivity contribution in [3.8, 4) is 0 Å². The molecule has 4 nitrogen and oxygen atoms in total. The smallest absolute Gasteiger partial charge is 0.274 e. The van der Waals surface area contributed by atoms with Crippen molar-refractivity contribution in [1.29, 1.82) is 0 Å². The molecule has 0 bridgehead atoms. The molecule has 0 aliphatic heterocycles. The summed E-state index contributed by atoms with van der Waals surface area (Å²) in [5, 5.41) is 0.828. The average Bonchev–Trinajstić information content (AvgIpc) is 2.66. The number of benzene rings is 3.